The molecule has 0 aromatic heterocycles. The first-order chi connectivity index (χ1) is 12.6. The average Bonchev–Trinajstić information content (AvgIpc) is 3.10. The monoisotopic (exact) mass is 356 g/mol. The fraction of sp³-hybridized carbons (Fsp3) is 0.739. The maximum absolute atomic E-state index is 6.43. The highest BCUT2D eigenvalue weighted by Crippen LogP contribution is 2.50. The number of nitrogens with zero attached hydrogens (tertiary/aromatic N) is 2. The van der Waals surface area contributed by atoms with Crippen molar-refractivity contribution in [3.05, 3.63) is 35.9 Å². The lowest BCUT2D eigenvalue weighted by molar-refractivity contribution is -0.145. The topological polar surface area (TPSA) is 15.7 Å². The van der Waals surface area contributed by atoms with Gasteiger partial charge in [-0.1, -0.05) is 57.0 Å². The molecule has 1 unspecified atom stereocenters. The van der Waals surface area contributed by atoms with Gasteiger partial charge >= 0.3 is 0 Å². The van der Waals surface area contributed by atoms with E-state index in [-0.39, 0.29) is 11.1 Å². The van der Waals surface area contributed by atoms with Crippen LogP contribution in [0.25, 0.3) is 0 Å². The summed E-state index contributed by atoms with van der Waals surface area (Å²) in [5.41, 5.74) is 1.84. The van der Waals surface area contributed by atoms with Gasteiger partial charge in [0, 0.05) is 39.3 Å². The van der Waals surface area contributed by atoms with E-state index in [0.29, 0.717) is 0 Å². The molecule has 0 amide bonds. The molecule has 4 rings (SSSR count). The van der Waals surface area contributed by atoms with Crippen LogP contribution >= 0.6 is 0 Å². The standard InChI is InChI=1S/C23H36N2O/c1-20(2)18-24-13-15-25(16-14-24)23(21-8-4-3-5-9-21)12-17-26-22(19-23)10-6-7-11-22/h3-5,8-9,20H,6-7,10-19H2,1-2H3. The fourth-order valence-electron chi connectivity index (χ4n) is 5.77. The molecular weight excluding hydrogens is 320 g/mol. The summed E-state index contributed by atoms with van der Waals surface area (Å²) in [6, 6.07) is 11.3. The fourth-order valence-corrected chi connectivity index (χ4v) is 5.77. The van der Waals surface area contributed by atoms with E-state index in [2.05, 4.69) is 54.0 Å². The van der Waals surface area contributed by atoms with Gasteiger partial charge in [0.2, 0.25) is 0 Å². The van der Waals surface area contributed by atoms with Crippen LogP contribution in [-0.4, -0.2) is 54.7 Å². The van der Waals surface area contributed by atoms with E-state index in [4.69, 9.17) is 4.74 Å². The molecule has 2 heterocycles. The largest absolute Gasteiger partial charge is 0.375 e. The summed E-state index contributed by atoms with van der Waals surface area (Å²) in [7, 11) is 0. The first-order valence-corrected chi connectivity index (χ1v) is 10.8. The van der Waals surface area contributed by atoms with Gasteiger partial charge in [0.25, 0.3) is 0 Å². The predicted molar refractivity (Wildman–Crippen MR) is 107 cm³/mol. The van der Waals surface area contributed by atoms with Gasteiger partial charge in [0.05, 0.1) is 11.1 Å². The molecule has 1 saturated carbocycles. The number of rotatable bonds is 4. The third kappa shape index (κ3) is 3.58. The first kappa shape index (κ1) is 18.5. The lowest BCUT2D eigenvalue weighted by Crippen LogP contribution is -2.60. The van der Waals surface area contributed by atoms with E-state index < -0.39 is 0 Å². The summed E-state index contributed by atoms with van der Waals surface area (Å²) in [4.78, 5) is 5.48. The Hall–Kier alpha value is -0.900. The Labute approximate surface area is 159 Å². The third-order valence-electron chi connectivity index (χ3n) is 6.97. The van der Waals surface area contributed by atoms with E-state index in [0.717, 1.165) is 18.9 Å². The van der Waals surface area contributed by atoms with Crippen molar-refractivity contribution in [2.24, 2.45) is 5.92 Å². The summed E-state index contributed by atoms with van der Waals surface area (Å²) in [6.45, 7) is 11.6. The zero-order chi connectivity index (χ0) is 18.0. The molecule has 3 fully saturated rings. The number of hydrogen-bond donors (Lipinski definition) is 0. The second kappa shape index (κ2) is 7.61. The summed E-state index contributed by atoms with van der Waals surface area (Å²) in [6.07, 6.45) is 7.53. The van der Waals surface area contributed by atoms with Crippen LogP contribution in [0, 0.1) is 5.92 Å². The second-order valence-electron chi connectivity index (χ2n) is 9.24. The van der Waals surface area contributed by atoms with Gasteiger partial charge in [0.15, 0.2) is 0 Å². The molecule has 1 spiro atoms. The van der Waals surface area contributed by atoms with Gasteiger partial charge in [-0.25, -0.2) is 0 Å². The summed E-state index contributed by atoms with van der Waals surface area (Å²) in [5, 5.41) is 0. The molecule has 3 heteroatoms. The molecule has 3 nitrogen and oxygen atoms in total. The van der Waals surface area contributed by atoms with E-state index in [1.54, 1.807) is 0 Å². The normalized spacial score (nSPS) is 30.3. The van der Waals surface area contributed by atoms with Gasteiger partial charge in [-0.15, -0.1) is 0 Å². The van der Waals surface area contributed by atoms with Crippen LogP contribution in [0.2, 0.25) is 0 Å². The predicted octanol–water partition coefficient (Wildman–Crippen LogP) is 4.28. The van der Waals surface area contributed by atoms with Gasteiger partial charge in [-0.2, -0.15) is 0 Å². The highest BCUT2D eigenvalue weighted by atomic mass is 16.5. The Morgan fingerprint density at radius 1 is 0.962 bits per heavy atom. The molecule has 1 aromatic carbocycles. The zero-order valence-electron chi connectivity index (χ0n) is 16.8. The van der Waals surface area contributed by atoms with E-state index >= 15 is 0 Å². The van der Waals surface area contributed by atoms with Crippen molar-refractivity contribution in [1.29, 1.82) is 0 Å². The number of benzene rings is 1. The lowest BCUT2D eigenvalue weighted by Gasteiger charge is -2.54. The molecule has 0 radical (unpaired) electrons. The van der Waals surface area contributed by atoms with Crippen molar-refractivity contribution >= 4 is 0 Å². The Bertz CT molecular complexity index is 573. The molecule has 26 heavy (non-hydrogen) atoms. The van der Waals surface area contributed by atoms with E-state index in [9.17, 15) is 0 Å². The lowest BCUT2D eigenvalue weighted by atomic mass is 9.73. The van der Waals surface area contributed by atoms with Gasteiger partial charge in [-0.3, -0.25) is 4.90 Å². The van der Waals surface area contributed by atoms with Crippen LogP contribution in [0.4, 0.5) is 0 Å². The minimum Gasteiger partial charge on any atom is -0.375 e. The molecule has 0 bridgehead atoms. The highest BCUT2D eigenvalue weighted by molar-refractivity contribution is 5.27. The molecule has 2 saturated heterocycles. The van der Waals surface area contributed by atoms with Gasteiger partial charge in [-0.05, 0) is 37.2 Å². The minimum absolute atomic E-state index is 0.142. The minimum atomic E-state index is 0.142. The summed E-state index contributed by atoms with van der Waals surface area (Å²) >= 11 is 0. The molecule has 2 aliphatic heterocycles. The molecule has 1 atom stereocenters. The van der Waals surface area contributed by atoms with Crippen molar-refractivity contribution in [2.45, 2.75) is 63.5 Å². The van der Waals surface area contributed by atoms with Crippen LogP contribution < -0.4 is 0 Å². The first-order valence-electron chi connectivity index (χ1n) is 10.8. The van der Waals surface area contributed by atoms with E-state index in [1.165, 1.54) is 70.4 Å². The molecule has 144 valence electrons. The smallest absolute Gasteiger partial charge is 0.0703 e. The van der Waals surface area contributed by atoms with Crippen LogP contribution in [0.3, 0.4) is 0 Å². The maximum Gasteiger partial charge on any atom is 0.0703 e. The van der Waals surface area contributed by atoms with Crippen molar-refractivity contribution in [3.8, 4) is 0 Å². The molecule has 1 aromatic rings. The van der Waals surface area contributed by atoms with Crippen molar-refractivity contribution in [2.75, 3.05) is 39.3 Å². The SMILES string of the molecule is CC(C)CN1CCN(C2(c3ccccc3)CCOC3(CCCC3)C2)CC1. The maximum atomic E-state index is 6.43. The Morgan fingerprint density at radius 3 is 2.31 bits per heavy atom. The third-order valence-corrected chi connectivity index (χ3v) is 6.97. The average molecular weight is 357 g/mol. The Balaban J connectivity index is 1.58. The molecule has 1 aliphatic carbocycles. The van der Waals surface area contributed by atoms with Crippen LogP contribution in [0.15, 0.2) is 30.3 Å². The van der Waals surface area contributed by atoms with Crippen LogP contribution in [-0.2, 0) is 10.3 Å². The quantitative estimate of drug-likeness (QED) is 0.801. The van der Waals surface area contributed by atoms with Crippen molar-refractivity contribution in [1.82, 2.24) is 9.80 Å². The van der Waals surface area contributed by atoms with Crippen LogP contribution in [0.5, 0.6) is 0 Å². The van der Waals surface area contributed by atoms with Crippen molar-refractivity contribution in [3.63, 3.8) is 0 Å². The number of hydrogen-bond acceptors (Lipinski definition) is 3. The summed E-state index contributed by atoms with van der Waals surface area (Å²) < 4.78 is 6.43. The van der Waals surface area contributed by atoms with Gasteiger partial charge in [0.1, 0.15) is 0 Å². The Morgan fingerprint density at radius 2 is 1.65 bits per heavy atom. The van der Waals surface area contributed by atoms with Crippen molar-refractivity contribution < 1.29 is 4.74 Å². The second-order valence-corrected chi connectivity index (χ2v) is 9.24. The Kier molecular flexibility index (Phi) is 5.41. The molecule has 0 N–H and O–H groups in total. The van der Waals surface area contributed by atoms with Crippen LogP contribution in [0.1, 0.15) is 57.9 Å². The van der Waals surface area contributed by atoms with E-state index in [1.807, 2.05) is 0 Å². The summed E-state index contributed by atoms with van der Waals surface area (Å²) in [5.74, 6) is 0.759. The highest BCUT2D eigenvalue weighted by Gasteiger charge is 2.51. The molecular formula is C23H36N2O. The number of ether oxygens (including phenoxy) is 1. The van der Waals surface area contributed by atoms with Gasteiger partial charge < -0.3 is 9.64 Å². The number of piperazine rings is 1. The molecule has 3 aliphatic rings. The zero-order valence-corrected chi connectivity index (χ0v) is 16.8.